The molecule has 112 valence electrons. The summed E-state index contributed by atoms with van der Waals surface area (Å²) in [6.07, 6.45) is 1.27. The molecular formula is C18H29NO. The van der Waals surface area contributed by atoms with Crippen molar-refractivity contribution in [2.24, 2.45) is 17.8 Å². The molecule has 1 heterocycles. The van der Waals surface area contributed by atoms with Gasteiger partial charge in [0, 0.05) is 6.54 Å². The van der Waals surface area contributed by atoms with Gasteiger partial charge in [0.25, 0.3) is 0 Å². The van der Waals surface area contributed by atoms with Gasteiger partial charge >= 0.3 is 0 Å². The Labute approximate surface area is 123 Å². The zero-order valence-corrected chi connectivity index (χ0v) is 13.4. The van der Waals surface area contributed by atoms with E-state index in [9.17, 15) is 0 Å². The molecule has 0 bridgehead atoms. The van der Waals surface area contributed by atoms with Crippen LogP contribution in [0.25, 0.3) is 0 Å². The van der Waals surface area contributed by atoms with Crippen LogP contribution in [0.1, 0.15) is 44.9 Å². The molecule has 0 saturated carbocycles. The predicted octanol–water partition coefficient (Wildman–Crippen LogP) is 3.82. The van der Waals surface area contributed by atoms with Crippen LogP contribution in [0.5, 0.6) is 0 Å². The van der Waals surface area contributed by atoms with Crippen molar-refractivity contribution in [3.63, 3.8) is 0 Å². The van der Waals surface area contributed by atoms with E-state index < -0.39 is 0 Å². The molecule has 0 radical (unpaired) electrons. The number of ether oxygens (including phenoxy) is 1. The number of benzene rings is 1. The molecule has 0 fully saturated rings. The number of hydrogen-bond donors (Lipinski definition) is 1. The highest BCUT2D eigenvalue weighted by atomic mass is 16.5. The molecule has 0 amide bonds. The van der Waals surface area contributed by atoms with Crippen molar-refractivity contribution in [3.8, 4) is 0 Å². The van der Waals surface area contributed by atoms with E-state index in [1.54, 1.807) is 0 Å². The Hall–Kier alpha value is -0.860. The lowest BCUT2D eigenvalue weighted by molar-refractivity contribution is 0.0411. The second kappa shape index (κ2) is 7.24. The van der Waals surface area contributed by atoms with Gasteiger partial charge in [-0.25, -0.2) is 0 Å². The summed E-state index contributed by atoms with van der Waals surface area (Å²) in [7, 11) is 0. The summed E-state index contributed by atoms with van der Waals surface area (Å²) in [5.41, 5.74) is 2.83. The molecule has 0 aliphatic carbocycles. The van der Waals surface area contributed by atoms with Crippen molar-refractivity contribution >= 4 is 0 Å². The first kappa shape index (κ1) is 15.5. The Morgan fingerprint density at radius 1 is 1.15 bits per heavy atom. The van der Waals surface area contributed by atoms with Crippen molar-refractivity contribution in [2.45, 2.75) is 40.2 Å². The van der Waals surface area contributed by atoms with E-state index in [2.05, 4.69) is 57.3 Å². The number of rotatable bonds is 6. The molecule has 2 rings (SSSR count). The Morgan fingerprint density at radius 3 is 2.55 bits per heavy atom. The highest BCUT2D eigenvalue weighted by Crippen LogP contribution is 2.26. The van der Waals surface area contributed by atoms with E-state index in [4.69, 9.17) is 4.74 Å². The summed E-state index contributed by atoms with van der Waals surface area (Å²) in [4.78, 5) is 0. The lowest BCUT2D eigenvalue weighted by Gasteiger charge is -2.29. The first-order valence-corrected chi connectivity index (χ1v) is 7.99. The minimum absolute atomic E-state index is 0.222. The fourth-order valence-corrected chi connectivity index (χ4v) is 3.27. The topological polar surface area (TPSA) is 21.3 Å². The van der Waals surface area contributed by atoms with Gasteiger partial charge in [-0.2, -0.15) is 0 Å². The van der Waals surface area contributed by atoms with Crippen LogP contribution in [0.4, 0.5) is 0 Å². The Morgan fingerprint density at radius 2 is 1.85 bits per heavy atom. The zero-order chi connectivity index (χ0) is 14.5. The van der Waals surface area contributed by atoms with Gasteiger partial charge in [0.1, 0.15) is 0 Å². The smallest absolute Gasteiger partial charge is 0.0952 e. The van der Waals surface area contributed by atoms with Gasteiger partial charge in [0.2, 0.25) is 0 Å². The average molecular weight is 275 g/mol. The third kappa shape index (κ3) is 3.83. The molecule has 20 heavy (non-hydrogen) atoms. The maximum absolute atomic E-state index is 5.94. The molecule has 1 atom stereocenters. The highest BCUT2D eigenvalue weighted by molar-refractivity contribution is 5.31. The second-order valence-electron chi connectivity index (χ2n) is 6.62. The fourth-order valence-electron chi connectivity index (χ4n) is 3.27. The molecule has 1 aliphatic rings. The number of nitrogens with one attached hydrogen (secondary N) is 1. The summed E-state index contributed by atoms with van der Waals surface area (Å²) < 4.78 is 5.94. The van der Waals surface area contributed by atoms with Crippen molar-refractivity contribution in [1.29, 1.82) is 0 Å². The molecule has 1 aromatic rings. The summed E-state index contributed by atoms with van der Waals surface area (Å²) in [6, 6.07) is 8.69. The largest absolute Gasteiger partial charge is 0.372 e. The van der Waals surface area contributed by atoms with Crippen molar-refractivity contribution in [1.82, 2.24) is 5.32 Å². The summed E-state index contributed by atoms with van der Waals surface area (Å²) >= 11 is 0. The van der Waals surface area contributed by atoms with E-state index in [1.807, 2.05) is 0 Å². The van der Waals surface area contributed by atoms with Crippen LogP contribution in [0.15, 0.2) is 24.3 Å². The zero-order valence-electron chi connectivity index (χ0n) is 13.4. The summed E-state index contributed by atoms with van der Waals surface area (Å²) in [5, 5.41) is 3.63. The minimum Gasteiger partial charge on any atom is -0.372 e. The maximum atomic E-state index is 5.94. The first-order chi connectivity index (χ1) is 9.59. The molecule has 0 spiro atoms. The lowest BCUT2D eigenvalue weighted by Crippen LogP contribution is -2.34. The first-order valence-electron chi connectivity index (χ1n) is 7.99. The normalized spacial score (nSPS) is 18.9. The van der Waals surface area contributed by atoms with Crippen LogP contribution in [0.3, 0.4) is 0 Å². The van der Waals surface area contributed by atoms with Crippen LogP contribution in [0.2, 0.25) is 0 Å². The van der Waals surface area contributed by atoms with E-state index >= 15 is 0 Å². The Kier molecular flexibility index (Phi) is 5.62. The van der Waals surface area contributed by atoms with Crippen molar-refractivity contribution < 1.29 is 4.74 Å². The van der Waals surface area contributed by atoms with E-state index in [0.29, 0.717) is 0 Å². The van der Waals surface area contributed by atoms with Gasteiger partial charge in [-0.3, -0.25) is 0 Å². The minimum atomic E-state index is 0.222. The summed E-state index contributed by atoms with van der Waals surface area (Å²) in [5.74, 6) is 2.18. The molecule has 2 heteroatoms. The van der Waals surface area contributed by atoms with Gasteiger partial charge in [0.05, 0.1) is 12.7 Å². The van der Waals surface area contributed by atoms with E-state index in [1.165, 1.54) is 11.1 Å². The molecule has 1 aromatic carbocycles. The molecule has 1 N–H and O–H groups in total. The molecule has 1 aliphatic heterocycles. The lowest BCUT2D eigenvalue weighted by atomic mass is 9.85. The SMILES string of the molecule is CC(C)C(CNCC1OCCc2ccccc21)C(C)C. The second-order valence-corrected chi connectivity index (χ2v) is 6.62. The van der Waals surface area contributed by atoms with Crippen LogP contribution in [-0.2, 0) is 11.2 Å². The van der Waals surface area contributed by atoms with Gasteiger partial charge in [0.15, 0.2) is 0 Å². The highest BCUT2D eigenvalue weighted by Gasteiger charge is 2.21. The van der Waals surface area contributed by atoms with Crippen LogP contribution in [-0.4, -0.2) is 19.7 Å². The van der Waals surface area contributed by atoms with Crippen LogP contribution < -0.4 is 5.32 Å². The monoisotopic (exact) mass is 275 g/mol. The quantitative estimate of drug-likeness (QED) is 0.852. The van der Waals surface area contributed by atoms with Gasteiger partial charge in [-0.1, -0.05) is 52.0 Å². The molecule has 1 unspecified atom stereocenters. The number of fused-ring (bicyclic) bond motifs is 1. The molecule has 0 saturated heterocycles. The molecular weight excluding hydrogens is 246 g/mol. The Balaban J connectivity index is 1.89. The number of hydrogen-bond acceptors (Lipinski definition) is 2. The third-order valence-electron chi connectivity index (χ3n) is 4.51. The molecule has 2 nitrogen and oxygen atoms in total. The predicted molar refractivity (Wildman–Crippen MR) is 84.9 cm³/mol. The van der Waals surface area contributed by atoms with Gasteiger partial charge in [-0.05, 0) is 41.8 Å². The van der Waals surface area contributed by atoms with Crippen molar-refractivity contribution in [2.75, 3.05) is 19.7 Å². The van der Waals surface area contributed by atoms with E-state index in [-0.39, 0.29) is 6.10 Å². The van der Waals surface area contributed by atoms with Crippen molar-refractivity contribution in [3.05, 3.63) is 35.4 Å². The Bertz CT molecular complexity index is 406. The maximum Gasteiger partial charge on any atom is 0.0952 e. The van der Waals surface area contributed by atoms with Gasteiger partial charge < -0.3 is 10.1 Å². The standard InChI is InChI=1S/C18H29NO/c1-13(2)17(14(3)4)11-19-12-18-16-8-6-5-7-15(16)9-10-20-18/h5-8,13-14,17-19H,9-12H2,1-4H3. The fraction of sp³-hybridized carbons (Fsp3) is 0.667. The van der Waals surface area contributed by atoms with E-state index in [0.717, 1.165) is 43.9 Å². The third-order valence-corrected chi connectivity index (χ3v) is 4.51. The summed E-state index contributed by atoms with van der Waals surface area (Å²) in [6.45, 7) is 12.1. The average Bonchev–Trinajstić information content (AvgIpc) is 2.42. The van der Waals surface area contributed by atoms with Crippen LogP contribution >= 0.6 is 0 Å². The molecule has 0 aromatic heterocycles. The van der Waals surface area contributed by atoms with Gasteiger partial charge in [-0.15, -0.1) is 0 Å². The van der Waals surface area contributed by atoms with Crippen LogP contribution in [0, 0.1) is 17.8 Å².